The first-order valence-electron chi connectivity index (χ1n) is 7.51. The fourth-order valence-corrected chi connectivity index (χ4v) is 2.54. The summed E-state index contributed by atoms with van der Waals surface area (Å²) in [5, 5.41) is 6.76. The Morgan fingerprint density at radius 3 is 2.83 bits per heavy atom. The second-order valence-corrected chi connectivity index (χ2v) is 6.31. The molecule has 7 heteroatoms. The zero-order valence-corrected chi connectivity index (χ0v) is 14.2. The van der Waals surface area contributed by atoms with Crippen molar-refractivity contribution in [3.63, 3.8) is 0 Å². The van der Waals surface area contributed by atoms with E-state index in [9.17, 15) is 4.79 Å². The van der Waals surface area contributed by atoms with Gasteiger partial charge in [0.05, 0.1) is 18.5 Å². The second kappa shape index (κ2) is 8.69. The number of carbonyl (C=O) groups excluding carboxylic acids is 1. The van der Waals surface area contributed by atoms with Crippen LogP contribution in [0.5, 0.6) is 0 Å². The van der Waals surface area contributed by atoms with Crippen LogP contribution in [-0.2, 0) is 11.2 Å². The normalized spacial score (nSPS) is 13.5. The van der Waals surface area contributed by atoms with E-state index in [-0.39, 0.29) is 11.9 Å². The summed E-state index contributed by atoms with van der Waals surface area (Å²) in [6, 6.07) is 9.04. The van der Waals surface area contributed by atoms with E-state index in [1.54, 1.807) is 11.8 Å². The zero-order valence-electron chi connectivity index (χ0n) is 13.4. The molecule has 124 valence electrons. The summed E-state index contributed by atoms with van der Waals surface area (Å²) in [6.45, 7) is 1.82. The number of carbonyl (C=O) groups is 1. The van der Waals surface area contributed by atoms with Crippen molar-refractivity contribution in [3.05, 3.63) is 47.6 Å². The van der Waals surface area contributed by atoms with Crippen molar-refractivity contribution in [3.8, 4) is 0 Å². The van der Waals surface area contributed by atoms with Gasteiger partial charge in [-0.2, -0.15) is 16.7 Å². The van der Waals surface area contributed by atoms with Crippen molar-refractivity contribution in [2.75, 3.05) is 12.0 Å². The maximum Gasteiger partial charge on any atom is 0.237 e. The van der Waals surface area contributed by atoms with Gasteiger partial charge >= 0.3 is 0 Å². The minimum Gasteiger partial charge on any atom is -0.345 e. The third-order valence-corrected chi connectivity index (χ3v) is 4.04. The van der Waals surface area contributed by atoms with Gasteiger partial charge in [0.25, 0.3) is 0 Å². The third kappa shape index (κ3) is 5.37. The first kappa shape index (κ1) is 17.5. The minimum atomic E-state index is -0.513. The van der Waals surface area contributed by atoms with Gasteiger partial charge in [0, 0.05) is 0 Å². The molecule has 0 bridgehead atoms. The van der Waals surface area contributed by atoms with Crippen LogP contribution in [0.2, 0.25) is 0 Å². The second-order valence-electron chi connectivity index (χ2n) is 5.33. The van der Waals surface area contributed by atoms with E-state index in [1.165, 1.54) is 0 Å². The van der Waals surface area contributed by atoms with Gasteiger partial charge in [0.1, 0.15) is 0 Å². The number of nitrogens with zero attached hydrogens (tertiary/aromatic N) is 2. The SMILES string of the molecule is CSCC[C@H](N)C(=O)NC(C)c1noc(Cc2ccccc2)n1. The van der Waals surface area contributed by atoms with Crippen LogP contribution in [0.4, 0.5) is 0 Å². The van der Waals surface area contributed by atoms with Gasteiger partial charge in [0.2, 0.25) is 11.8 Å². The predicted octanol–water partition coefficient (Wildman–Crippen LogP) is 1.92. The molecular weight excluding hydrogens is 312 g/mol. The van der Waals surface area contributed by atoms with Gasteiger partial charge in [-0.25, -0.2) is 0 Å². The monoisotopic (exact) mass is 334 g/mol. The van der Waals surface area contributed by atoms with E-state index in [2.05, 4.69) is 15.5 Å². The Morgan fingerprint density at radius 2 is 2.13 bits per heavy atom. The van der Waals surface area contributed by atoms with Crippen LogP contribution < -0.4 is 11.1 Å². The molecule has 0 saturated carbocycles. The Kier molecular flexibility index (Phi) is 6.61. The molecule has 0 aliphatic rings. The Morgan fingerprint density at radius 1 is 1.39 bits per heavy atom. The summed E-state index contributed by atoms with van der Waals surface area (Å²) >= 11 is 1.67. The average Bonchev–Trinajstić information content (AvgIpc) is 3.02. The fourth-order valence-electron chi connectivity index (χ4n) is 2.05. The lowest BCUT2D eigenvalue weighted by Crippen LogP contribution is -2.42. The van der Waals surface area contributed by atoms with Gasteiger partial charge in [-0.05, 0) is 30.9 Å². The van der Waals surface area contributed by atoms with Gasteiger partial charge in [-0.3, -0.25) is 4.79 Å². The van der Waals surface area contributed by atoms with Crippen LogP contribution in [0.3, 0.4) is 0 Å². The van der Waals surface area contributed by atoms with E-state index in [1.807, 2.05) is 43.5 Å². The van der Waals surface area contributed by atoms with Gasteiger partial charge in [-0.15, -0.1) is 0 Å². The van der Waals surface area contributed by atoms with E-state index in [0.29, 0.717) is 24.6 Å². The molecule has 0 aliphatic heterocycles. The van der Waals surface area contributed by atoms with E-state index < -0.39 is 6.04 Å². The number of nitrogens with one attached hydrogen (secondary N) is 1. The molecule has 2 atom stereocenters. The van der Waals surface area contributed by atoms with Crippen molar-refractivity contribution in [1.29, 1.82) is 0 Å². The van der Waals surface area contributed by atoms with Crippen molar-refractivity contribution < 1.29 is 9.32 Å². The number of rotatable bonds is 8. The lowest BCUT2D eigenvalue weighted by Gasteiger charge is -2.14. The summed E-state index contributed by atoms with van der Waals surface area (Å²) < 4.78 is 5.25. The number of hydrogen-bond acceptors (Lipinski definition) is 6. The quantitative estimate of drug-likeness (QED) is 0.766. The van der Waals surface area contributed by atoms with Gasteiger partial charge in [0.15, 0.2) is 5.82 Å². The summed E-state index contributed by atoms with van der Waals surface area (Å²) in [7, 11) is 0. The molecule has 1 heterocycles. The summed E-state index contributed by atoms with van der Waals surface area (Å²) in [4.78, 5) is 16.3. The van der Waals surface area contributed by atoms with Crippen LogP contribution in [0, 0.1) is 0 Å². The zero-order chi connectivity index (χ0) is 16.7. The lowest BCUT2D eigenvalue weighted by molar-refractivity contribution is -0.123. The maximum atomic E-state index is 12.0. The first-order valence-corrected chi connectivity index (χ1v) is 8.91. The fraction of sp³-hybridized carbons (Fsp3) is 0.438. The van der Waals surface area contributed by atoms with E-state index in [4.69, 9.17) is 10.3 Å². The van der Waals surface area contributed by atoms with Crippen molar-refractivity contribution >= 4 is 17.7 Å². The number of amides is 1. The van der Waals surface area contributed by atoms with E-state index >= 15 is 0 Å². The topological polar surface area (TPSA) is 94.0 Å². The number of benzene rings is 1. The Hall–Kier alpha value is -1.86. The van der Waals surface area contributed by atoms with Crippen molar-refractivity contribution in [1.82, 2.24) is 15.5 Å². The van der Waals surface area contributed by atoms with Crippen LogP contribution in [0.15, 0.2) is 34.9 Å². The smallest absolute Gasteiger partial charge is 0.237 e. The molecule has 1 amide bonds. The van der Waals surface area contributed by atoms with E-state index in [0.717, 1.165) is 11.3 Å². The molecule has 23 heavy (non-hydrogen) atoms. The van der Waals surface area contributed by atoms with Crippen LogP contribution >= 0.6 is 11.8 Å². The van der Waals surface area contributed by atoms with Crippen LogP contribution in [0.1, 0.15) is 36.7 Å². The molecule has 0 radical (unpaired) electrons. The predicted molar refractivity (Wildman–Crippen MR) is 91.1 cm³/mol. The van der Waals surface area contributed by atoms with Gasteiger partial charge < -0.3 is 15.6 Å². The first-order chi connectivity index (χ1) is 11.1. The minimum absolute atomic E-state index is 0.194. The summed E-state index contributed by atoms with van der Waals surface area (Å²) in [5.74, 6) is 1.65. The lowest BCUT2D eigenvalue weighted by atomic mass is 10.1. The maximum absolute atomic E-state index is 12.0. The largest absolute Gasteiger partial charge is 0.345 e. The molecule has 1 unspecified atom stereocenters. The molecular formula is C16H22N4O2S. The highest BCUT2D eigenvalue weighted by Crippen LogP contribution is 2.12. The molecule has 2 aromatic rings. The third-order valence-electron chi connectivity index (χ3n) is 3.40. The number of hydrogen-bond donors (Lipinski definition) is 2. The summed E-state index contributed by atoms with van der Waals surface area (Å²) in [6.07, 6.45) is 3.20. The van der Waals surface area contributed by atoms with Crippen molar-refractivity contribution in [2.24, 2.45) is 5.73 Å². The number of aromatic nitrogens is 2. The number of thioether (sulfide) groups is 1. The highest BCUT2D eigenvalue weighted by Gasteiger charge is 2.19. The average molecular weight is 334 g/mol. The van der Waals surface area contributed by atoms with Crippen molar-refractivity contribution in [2.45, 2.75) is 31.8 Å². The molecule has 6 nitrogen and oxygen atoms in total. The Bertz CT molecular complexity index is 618. The molecule has 1 aromatic carbocycles. The molecule has 0 aliphatic carbocycles. The highest BCUT2D eigenvalue weighted by atomic mass is 32.2. The molecule has 0 fully saturated rings. The standard InChI is InChI=1S/C16H22N4O2S/c1-11(18-16(21)13(17)8-9-23-2)15-19-14(22-20-15)10-12-6-4-3-5-7-12/h3-7,11,13H,8-10,17H2,1-2H3,(H,18,21)/t11?,13-/m0/s1. The van der Waals surface area contributed by atoms with Crippen LogP contribution in [-0.4, -0.2) is 34.1 Å². The Labute approximate surface area is 140 Å². The summed E-state index contributed by atoms with van der Waals surface area (Å²) in [5.41, 5.74) is 6.94. The molecule has 1 aromatic heterocycles. The molecule has 0 spiro atoms. The Balaban J connectivity index is 1.90. The molecule has 3 N–H and O–H groups in total. The number of nitrogens with two attached hydrogens (primary N) is 1. The highest BCUT2D eigenvalue weighted by molar-refractivity contribution is 7.98. The van der Waals surface area contributed by atoms with Crippen LogP contribution in [0.25, 0.3) is 0 Å². The molecule has 2 rings (SSSR count). The van der Waals surface area contributed by atoms with Gasteiger partial charge in [-0.1, -0.05) is 35.5 Å². The molecule has 0 saturated heterocycles.